The van der Waals surface area contributed by atoms with E-state index in [9.17, 15) is 4.79 Å². The number of fused-ring (bicyclic) bond motifs is 1. The normalized spacial score (nSPS) is 26.1. The summed E-state index contributed by atoms with van der Waals surface area (Å²) in [6, 6.07) is 5.59. The van der Waals surface area contributed by atoms with Gasteiger partial charge in [-0.3, -0.25) is 4.79 Å². The van der Waals surface area contributed by atoms with Gasteiger partial charge in [0.15, 0.2) is 0 Å². The standard InChI is InChI=1S/C16H23N3O/c1-11-2-3-14(17)8-15(11)16(20)19-6-4-12-9-18-10-13(12)5-7-19/h2-3,8,12-13,18H,4-7,9-10,17H2,1H3/t12-,13+. The van der Waals surface area contributed by atoms with E-state index in [0.29, 0.717) is 5.69 Å². The maximum atomic E-state index is 12.7. The van der Waals surface area contributed by atoms with Crippen molar-refractivity contribution in [2.75, 3.05) is 31.9 Å². The molecule has 0 unspecified atom stereocenters. The molecule has 2 saturated heterocycles. The maximum Gasteiger partial charge on any atom is 0.254 e. The van der Waals surface area contributed by atoms with Gasteiger partial charge in [0.1, 0.15) is 0 Å². The largest absolute Gasteiger partial charge is 0.399 e. The number of likely N-dealkylation sites (tertiary alicyclic amines) is 1. The van der Waals surface area contributed by atoms with Crippen molar-refractivity contribution in [2.24, 2.45) is 11.8 Å². The highest BCUT2D eigenvalue weighted by Crippen LogP contribution is 2.28. The Kier molecular flexibility index (Phi) is 3.66. The fourth-order valence-electron chi connectivity index (χ4n) is 3.46. The van der Waals surface area contributed by atoms with Crippen molar-refractivity contribution < 1.29 is 4.79 Å². The lowest BCUT2D eigenvalue weighted by Crippen LogP contribution is -2.33. The third-order valence-corrected chi connectivity index (χ3v) is 4.80. The molecule has 0 saturated carbocycles. The summed E-state index contributed by atoms with van der Waals surface area (Å²) in [5, 5.41) is 3.46. The topological polar surface area (TPSA) is 58.4 Å². The Balaban J connectivity index is 1.75. The molecule has 3 rings (SSSR count). The summed E-state index contributed by atoms with van der Waals surface area (Å²) < 4.78 is 0. The highest BCUT2D eigenvalue weighted by Gasteiger charge is 2.31. The van der Waals surface area contributed by atoms with Gasteiger partial charge in [-0.15, -0.1) is 0 Å². The number of hydrogen-bond donors (Lipinski definition) is 2. The number of nitrogens with zero attached hydrogens (tertiary/aromatic N) is 1. The number of nitrogens with two attached hydrogens (primary N) is 1. The molecule has 2 heterocycles. The molecule has 20 heavy (non-hydrogen) atoms. The fourth-order valence-corrected chi connectivity index (χ4v) is 3.46. The van der Waals surface area contributed by atoms with E-state index in [1.165, 1.54) is 0 Å². The Bertz CT molecular complexity index is 500. The number of benzene rings is 1. The van der Waals surface area contributed by atoms with Gasteiger partial charge in [-0.25, -0.2) is 0 Å². The first-order valence-corrected chi connectivity index (χ1v) is 7.51. The average Bonchev–Trinajstić information content (AvgIpc) is 2.80. The Hall–Kier alpha value is -1.55. The van der Waals surface area contributed by atoms with E-state index in [1.807, 2.05) is 30.0 Å². The van der Waals surface area contributed by atoms with E-state index in [1.54, 1.807) is 0 Å². The Morgan fingerprint density at radius 2 is 1.90 bits per heavy atom. The van der Waals surface area contributed by atoms with Gasteiger partial charge in [0.25, 0.3) is 5.91 Å². The zero-order valence-electron chi connectivity index (χ0n) is 12.1. The number of rotatable bonds is 1. The van der Waals surface area contributed by atoms with E-state index in [-0.39, 0.29) is 5.91 Å². The molecular weight excluding hydrogens is 250 g/mol. The smallest absolute Gasteiger partial charge is 0.254 e. The summed E-state index contributed by atoms with van der Waals surface area (Å²) in [4.78, 5) is 14.7. The molecule has 4 nitrogen and oxygen atoms in total. The van der Waals surface area contributed by atoms with Crippen LogP contribution in [-0.4, -0.2) is 37.0 Å². The second-order valence-corrected chi connectivity index (χ2v) is 6.12. The van der Waals surface area contributed by atoms with Gasteiger partial charge in [-0.2, -0.15) is 0 Å². The van der Waals surface area contributed by atoms with Crippen LogP contribution in [0.25, 0.3) is 0 Å². The minimum atomic E-state index is 0.141. The quantitative estimate of drug-likeness (QED) is 0.765. The molecule has 2 aliphatic heterocycles. The van der Waals surface area contributed by atoms with Crippen LogP contribution in [0.2, 0.25) is 0 Å². The van der Waals surface area contributed by atoms with E-state index >= 15 is 0 Å². The van der Waals surface area contributed by atoms with Crippen molar-refractivity contribution >= 4 is 11.6 Å². The molecule has 108 valence electrons. The predicted octanol–water partition coefficient (Wildman–Crippen LogP) is 1.65. The van der Waals surface area contributed by atoms with Crippen molar-refractivity contribution in [3.63, 3.8) is 0 Å². The molecular formula is C16H23N3O. The fraction of sp³-hybridized carbons (Fsp3) is 0.562. The maximum absolute atomic E-state index is 12.7. The second kappa shape index (κ2) is 5.44. The van der Waals surface area contributed by atoms with Crippen molar-refractivity contribution in [3.8, 4) is 0 Å². The van der Waals surface area contributed by atoms with Gasteiger partial charge in [0, 0.05) is 24.3 Å². The molecule has 0 bridgehead atoms. The number of anilines is 1. The van der Waals surface area contributed by atoms with Crippen LogP contribution in [0.3, 0.4) is 0 Å². The molecule has 1 aromatic carbocycles. The van der Waals surface area contributed by atoms with Crippen molar-refractivity contribution in [1.82, 2.24) is 10.2 Å². The minimum absolute atomic E-state index is 0.141. The highest BCUT2D eigenvalue weighted by molar-refractivity contribution is 5.96. The average molecular weight is 273 g/mol. The molecule has 1 aromatic rings. The molecule has 0 aromatic heterocycles. The number of carbonyl (C=O) groups excluding carboxylic acids is 1. The van der Waals surface area contributed by atoms with E-state index in [4.69, 9.17) is 5.73 Å². The van der Waals surface area contributed by atoms with Crippen LogP contribution in [0.15, 0.2) is 18.2 Å². The zero-order chi connectivity index (χ0) is 14.1. The first-order valence-electron chi connectivity index (χ1n) is 7.51. The summed E-state index contributed by atoms with van der Waals surface area (Å²) in [6.07, 6.45) is 2.23. The minimum Gasteiger partial charge on any atom is -0.399 e. The predicted molar refractivity (Wildman–Crippen MR) is 80.6 cm³/mol. The third-order valence-electron chi connectivity index (χ3n) is 4.80. The molecule has 0 aliphatic carbocycles. The van der Waals surface area contributed by atoms with Gasteiger partial charge in [-0.05, 0) is 62.4 Å². The van der Waals surface area contributed by atoms with Crippen LogP contribution < -0.4 is 11.1 Å². The molecule has 2 atom stereocenters. The molecule has 2 aliphatic rings. The Morgan fingerprint density at radius 1 is 1.25 bits per heavy atom. The highest BCUT2D eigenvalue weighted by atomic mass is 16.2. The first-order chi connectivity index (χ1) is 9.65. The summed E-state index contributed by atoms with van der Waals surface area (Å²) in [7, 11) is 0. The lowest BCUT2D eigenvalue weighted by molar-refractivity contribution is 0.0758. The van der Waals surface area contributed by atoms with Crippen LogP contribution in [0, 0.1) is 18.8 Å². The summed E-state index contributed by atoms with van der Waals surface area (Å²) >= 11 is 0. The summed E-state index contributed by atoms with van der Waals surface area (Å²) in [6.45, 7) is 5.95. The molecule has 2 fully saturated rings. The second-order valence-electron chi connectivity index (χ2n) is 6.12. The number of amides is 1. The van der Waals surface area contributed by atoms with E-state index < -0.39 is 0 Å². The number of carbonyl (C=O) groups is 1. The molecule has 3 N–H and O–H groups in total. The summed E-state index contributed by atoms with van der Waals surface area (Å²) in [5.74, 6) is 1.63. The number of nitrogen functional groups attached to an aromatic ring is 1. The molecule has 0 radical (unpaired) electrons. The van der Waals surface area contributed by atoms with Crippen molar-refractivity contribution in [1.29, 1.82) is 0 Å². The number of aryl methyl sites for hydroxylation is 1. The van der Waals surface area contributed by atoms with Gasteiger partial charge < -0.3 is 16.0 Å². The summed E-state index contributed by atoms with van der Waals surface area (Å²) in [5.41, 5.74) is 8.25. The van der Waals surface area contributed by atoms with Gasteiger partial charge >= 0.3 is 0 Å². The van der Waals surface area contributed by atoms with Crippen LogP contribution in [-0.2, 0) is 0 Å². The Morgan fingerprint density at radius 3 is 2.55 bits per heavy atom. The van der Waals surface area contributed by atoms with Gasteiger partial charge in [-0.1, -0.05) is 6.07 Å². The third kappa shape index (κ3) is 2.52. The lowest BCUT2D eigenvalue weighted by atomic mass is 9.92. The lowest BCUT2D eigenvalue weighted by Gasteiger charge is -2.22. The Labute approximate surface area is 120 Å². The monoisotopic (exact) mass is 273 g/mol. The van der Waals surface area contributed by atoms with E-state index in [0.717, 1.165) is 62.0 Å². The molecule has 0 spiro atoms. The van der Waals surface area contributed by atoms with Crippen LogP contribution >= 0.6 is 0 Å². The molecule has 1 amide bonds. The van der Waals surface area contributed by atoms with Gasteiger partial charge in [0.2, 0.25) is 0 Å². The number of nitrogens with one attached hydrogen (secondary N) is 1. The SMILES string of the molecule is Cc1ccc(N)cc1C(=O)N1CC[C@@H]2CNC[C@@H]2CC1. The van der Waals surface area contributed by atoms with Crippen LogP contribution in [0.5, 0.6) is 0 Å². The van der Waals surface area contributed by atoms with E-state index in [2.05, 4.69) is 5.32 Å². The van der Waals surface area contributed by atoms with Gasteiger partial charge in [0.05, 0.1) is 0 Å². The van der Waals surface area contributed by atoms with Crippen molar-refractivity contribution in [3.05, 3.63) is 29.3 Å². The molecule has 4 heteroatoms. The van der Waals surface area contributed by atoms with Crippen LogP contribution in [0.1, 0.15) is 28.8 Å². The van der Waals surface area contributed by atoms with Crippen molar-refractivity contribution in [2.45, 2.75) is 19.8 Å². The number of hydrogen-bond acceptors (Lipinski definition) is 3. The van der Waals surface area contributed by atoms with Crippen LogP contribution in [0.4, 0.5) is 5.69 Å². The zero-order valence-corrected chi connectivity index (χ0v) is 12.1. The first kappa shape index (κ1) is 13.4.